The molecule has 1 atom stereocenters. The molecule has 1 aliphatic heterocycles. The number of hydrogen-bond acceptors (Lipinski definition) is 5. The predicted molar refractivity (Wildman–Crippen MR) is 123 cm³/mol. The van der Waals surface area contributed by atoms with Crippen molar-refractivity contribution in [2.24, 2.45) is 5.92 Å². The van der Waals surface area contributed by atoms with Crippen molar-refractivity contribution in [2.75, 3.05) is 19.6 Å². The summed E-state index contributed by atoms with van der Waals surface area (Å²) >= 11 is 0. The number of likely N-dealkylation sites (tertiary alicyclic amines) is 1. The van der Waals surface area contributed by atoms with E-state index >= 15 is 0 Å². The van der Waals surface area contributed by atoms with Gasteiger partial charge in [-0.3, -0.25) is 23.9 Å². The fraction of sp³-hybridized carbons (Fsp3) is 0.609. The first-order chi connectivity index (χ1) is 15.3. The molecule has 2 N–H and O–H groups in total. The van der Waals surface area contributed by atoms with Gasteiger partial charge in [-0.1, -0.05) is 27.7 Å². The van der Waals surface area contributed by atoms with E-state index in [9.17, 15) is 19.2 Å². The lowest BCUT2D eigenvalue weighted by Crippen LogP contribution is -2.46. The van der Waals surface area contributed by atoms with E-state index < -0.39 is 11.2 Å². The summed E-state index contributed by atoms with van der Waals surface area (Å²) < 4.78 is 1.43. The maximum Gasteiger partial charge on any atom is 0.329 e. The predicted octanol–water partition coefficient (Wildman–Crippen LogP) is 2.00. The van der Waals surface area contributed by atoms with Crippen molar-refractivity contribution in [3.05, 3.63) is 38.2 Å². The number of hydrogen-bond donors (Lipinski definition) is 2. The quantitative estimate of drug-likeness (QED) is 0.679. The van der Waals surface area contributed by atoms with Crippen molar-refractivity contribution >= 4 is 22.8 Å². The van der Waals surface area contributed by atoms with E-state index in [1.165, 1.54) is 4.57 Å². The summed E-state index contributed by atoms with van der Waals surface area (Å²) in [6.45, 7) is 9.65. The number of carbonyl (C=O) groups is 2. The average molecular weight is 444 g/mol. The summed E-state index contributed by atoms with van der Waals surface area (Å²) in [5, 5.41) is 3.04. The lowest BCUT2D eigenvalue weighted by Gasteiger charge is -2.32. The molecule has 9 heteroatoms. The van der Waals surface area contributed by atoms with Crippen molar-refractivity contribution in [2.45, 2.75) is 65.8 Å². The van der Waals surface area contributed by atoms with Crippen LogP contribution < -0.4 is 16.6 Å². The third kappa shape index (κ3) is 4.76. The molecule has 3 rings (SSSR count). The number of nitrogens with one attached hydrogen (secondary N) is 2. The second kappa shape index (κ2) is 10.1. The lowest BCUT2D eigenvalue weighted by atomic mass is 9.95. The van der Waals surface area contributed by atoms with Gasteiger partial charge in [0.1, 0.15) is 0 Å². The van der Waals surface area contributed by atoms with Gasteiger partial charge in [0, 0.05) is 31.9 Å². The van der Waals surface area contributed by atoms with Crippen LogP contribution in [0.5, 0.6) is 0 Å². The van der Waals surface area contributed by atoms with Crippen LogP contribution in [0.3, 0.4) is 0 Å². The van der Waals surface area contributed by atoms with E-state index in [0.29, 0.717) is 44.7 Å². The largest absolute Gasteiger partial charge is 0.356 e. The Hall–Kier alpha value is -2.97. The number of aromatic nitrogens is 3. The molecule has 32 heavy (non-hydrogen) atoms. The van der Waals surface area contributed by atoms with Crippen LogP contribution in [0.1, 0.15) is 75.3 Å². The number of aromatic amines is 1. The highest BCUT2D eigenvalue weighted by molar-refractivity contribution is 6.05. The zero-order valence-electron chi connectivity index (χ0n) is 19.4. The van der Waals surface area contributed by atoms with E-state index in [1.54, 1.807) is 11.0 Å². The Morgan fingerprint density at radius 1 is 1.25 bits per heavy atom. The molecule has 2 aromatic heterocycles. The van der Waals surface area contributed by atoms with Gasteiger partial charge in [0.25, 0.3) is 11.5 Å². The van der Waals surface area contributed by atoms with Crippen LogP contribution in [0.4, 0.5) is 0 Å². The van der Waals surface area contributed by atoms with Crippen molar-refractivity contribution in [1.82, 2.24) is 24.8 Å². The Morgan fingerprint density at radius 2 is 2.00 bits per heavy atom. The van der Waals surface area contributed by atoms with Gasteiger partial charge in [-0.25, -0.2) is 9.78 Å². The summed E-state index contributed by atoms with van der Waals surface area (Å²) in [6, 6.07) is 1.66. The number of piperidine rings is 1. The zero-order valence-corrected chi connectivity index (χ0v) is 19.4. The molecular weight excluding hydrogens is 410 g/mol. The molecule has 2 amide bonds. The molecule has 3 heterocycles. The minimum absolute atomic E-state index is 0.00402. The number of pyridine rings is 1. The van der Waals surface area contributed by atoms with Crippen LogP contribution in [-0.2, 0) is 11.3 Å². The standard InChI is InChI=1S/C23H33N5O4/c1-5-9-24-20(29)15-8-7-11-27(13-15)22(31)16-12-17(14(3)4)25-19-18(16)21(30)26-23(32)28(19)10-6-2/h12,14-15H,5-11,13H2,1-4H3,(H,24,29)(H,26,30,32). The summed E-state index contributed by atoms with van der Waals surface area (Å²) in [5.41, 5.74) is -0.0201. The van der Waals surface area contributed by atoms with Crippen molar-refractivity contribution in [3.8, 4) is 0 Å². The van der Waals surface area contributed by atoms with E-state index in [4.69, 9.17) is 0 Å². The van der Waals surface area contributed by atoms with E-state index in [-0.39, 0.29) is 40.2 Å². The fourth-order valence-electron chi connectivity index (χ4n) is 4.13. The second-order valence-corrected chi connectivity index (χ2v) is 8.74. The van der Waals surface area contributed by atoms with Crippen LogP contribution in [0.25, 0.3) is 11.0 Å². The molecule has 2 aromatic rings. The molecule has 9 nitrogen and oxygen atoms in total. The summed E-state index contributed by atoms with van der Waals surface area (Å²) in [6.07, 6.45) is 2.97. The van der Waals surface area contributed by atoms with Crippen molar-refractivity contribution in [3.63, 3.8) is 0 Å². The first-order valence-electron chi connectivity index (χ1n) is 11.5. The SMILES string of the molecule is CCCNC(=O)C1CCCN(C(=O)c2cc(C(C)C)nc3c2c(=O)[nH]c(=O)n3CCC)C1. The highest BCUT2D eigenvalue weighted by Gasteiger charge is 2.31. The Kier molecular flexibility index (Phi) is 7.48. The van der Waals surface area contributed by atoms with Crippen molar-refractivity contribution in [1.29, 1.82) is 0 Å². The molecule has 1 unspecified atom stereocenters. The van der Waals surface area contributed by atoms with Gasteiger partial charge in [-0.2, -0.15) is 0 Å². The average Bonchev–Trinajstić information content (AvgIpc) is 2.78. The molecular formula is C23H33N5O4. The Labute approximate surface area is 187 Å². The number of fused-ring (bicyclic) bond motifs is 1. The topological polar surface area (TPSA) is 117 Å². The fourth-order valence-corrected chi connectivity index (χ4v) is 4.13. The molecule has 174 valence electrons. The van der Waals surface area contributed by atoms with E-state index in [2.05, 4.69) is 15.3 Å². The number of carbonyl (C=O) groups excluding carboxylic acids is 2. The molecule has 0 aromatic carbocycles. The van der Waals surface area contributed by atoms with Crippen LogP contribution in [0.15, 0.2) is 15.7 Å². The van der Waals surface area contributed by atoms with Gasteiger partial charge in [-0.15, -0.1) is 0 Å². The maximum atomic E-state index is 13.6. The molecule has 1 saturated heterocycles. The first-order valence-corrected chi connectivity index (χ1v) is 11.5. The van der Waals surface area contributed by atoms with Crippen LogP contribution in [-0.4, -0.2) is 50.9 Å². The van der Waals surface area contributed by atoms with Gasteiger partial charge < -0.3 is 10.2 Å². The number of aryl methyl sites for hydroxylation is 1. The highest BCUT2D eigenvalue weighted by Crippen LogP contribution is 2.24. The Bertz CT molecular complexity index is 1120. The maximum absolute atomic E-state index is 13.6. The number of amides is 2. The summed E-state index contributed by atoms with van der Waals surface area (Å²) in [5.74, 6) is -0.612. The first kappa shape index (κ1) is 23.7. The molecule has 0 saturated carbocycles. The third-order valence-electron chi connectivity index (χ3n) is 5.87. The molecule has 1 aliphatic rings. The van der Waals surface area contributed by atoms with Gasteiger partial charge in [0.2, 0.25) is 5.91 Å². The normalized spacial score (nSPS) is 16.5. The monoisotopic (exact) mass is 443 g/mol. The smallest absolute Gasteiger partial charge is 0.329 e. The van der Waals surface area contributed by atoms with Gasteiger partial charge >= 0.3 is 5.69 Å². The van der Waals surface area contributed by atoms with Gasteiger partial charge in [0.15, 0.2) is 5.65 Å². The minimum Gasteiger partial charge on any atom is -0.356 e. The van der Waals surface area contributed by atoms with Crippen LogP contribution in [0.2, 0.25) is 0 Å². The minimum atomic E-state index is -0.613. The Balaban J connectivity index is 2.08. The summed E-state index contributed by atoms with van der Waals surface area (Å²) in [7, 11) is 0. The van der Waals surface area contributed by atoms with Crippen LogP contribution >= 0.6 is 0 Å². The third-order valence-corrected chi connectivity index (χ3v) is 5.87. The van der Waals surface area contributed by atoms with Crippen LogP contribution in [0, 0.1) is 5.92 Å². The number of nitrogens with zero attached hydrogens (tertiary/aromatic N) is 3. The molecule has 0 bridgehead atoms. The number of H-pyrrole nitrogens is 1. The molecule has 0 radical (unpaired) electrons. The molecule has 0 spiro atoms. The molecule has 1 fully saturated rings. The van der Waals surface area contributed by atoms with Gasteiger partial charge in [0.05, 0.1) is 16.9 Å². The number of rotatable bonds is 7. The second-order valence-electron chi connectivity index (χ2n) is 8.74. The summed E-state index contributed by atoms with van der Waals surface area (Å²) in [4.78, 5) is 59.9. The van der Waals surface area contributed by atoms with Crippen molar-refractivity contribution < 1.29 is 9.59 Å². The molecule has 0 aliphatic carbocycles. The van der Waals surface area contributed by atoms with E-state index in [0.717, 1.165) is 12.8 Å². The Morgan fingerprint density at radius 3 is 2.66 bits per heavy atom. The highest BCUT2D eigenvalue weighted by atomic mass is 16.2. The lowest BCUT2D eigenvalue weighted by molar-refractivity contribution is -0.126. The van der Waals surface area contributed by atoms with Gasteiger partial charge in [-0.05, 0) is 37.7 Å². The zero-order chi connectivity index (χ0) is 23.4. The van der Waals surface area contributed by atoms with E-state index in [1.807, 2.05) is 27.7 Å².